The predicted molar refractivity (Wildman–Crippen MR) is 56.9 cm³/mol. The zero-order chi connectivity index (χ0) is 11.7. The highest BCUT2D eigenvalue weighted by Crippen LogP contribution is 2.24. The summed E-state index contributed by atoms with van der Waals surface area (Å²) in [5.74, 6) is 0.387. The Bertz CT molecular complexity index is 586. The lowest BCUT2D eigenvalue weighted by Gasteiger charge is -1.90. The zero-order valence-electron chi connectivity index (χ0n) is 8.38. The van der Waals surface area contributed by atoms with Crippen molar-refractivity contribution in [2.45, 2.75) is 6.92 Å². The Morgan fingerprint density at radius 1 is 1.50 bits per heavy atom. The smallest absolute Gasteiger partial charge is 0.270 e. The number of benzene rings is 1. The number of furan rings is 1. The minimum Gasteiger partial charge on any atom is -0.455 e. The first-order valence-electron chi connectivity index (χ1n) is 4.49. The number of nitro groups is 1. The quantitative estimate of drug-likeness (QED) is 0.364. The molecule has 0 spiro atoms. The third-order valence-corrected chi connectivity index (χ3v) is 2.22. The van der Waals surface area contributed by atoms with E-state index < -0.39 is 4.92 Å². The van der Waals surface area contributed by atoms with Crippen molar-refractivity contribution < 1.29 is 14.5 Å². The number of non-ortho nitro benzene ring substituents is 1. The van der Waals surface area contributed by atoms with Gasteiger partial charge in [0.25, 0.3) is 5.69 Å². The molecule has 0 aliphatic heterocycles. The molecule has 0 fully saturated rings. The average molecular weight is 220 g/mol. The monoisotopic (exact) mass is 220 g/mol. The molecule has 0 unspecified atom stereocenters. The van der Waals surface area contributed by atoms with Gasteiger partial charge in [0.05, 0.1) is 4.92 Å². The summed E-state index contributed by atoms with van der Waals surface area (Å²) in [7, 11) is 0. The Hall–Kier alpha value is -2.37. The van der Waals surface area contributed by atoms with Crippen molar-refractivity contribution in [3.63, 3.8) is 0 Å². The first kappa shape index (κ1) is 10.2. The van der Waals surface area contributed by atoms with E-state index >= 15 is 0 Å². The van der Waals surface area contributed by atoms with Crippen molar-refractivity contribution in [1.82, 2.24) is 0 Å². The lowest BCUT2D eigenvalue weighted by molar-refractivity contribution is -0.384. The zero-order valence-corrected chi connectivity index (χ0v) is 8.38. The predicted octanol–water partition coefficient (Wildman–Crippen LogP) is 2.54. The van der Waals surface area contributed by atoms with Crippen molar-refractivity contribution in [2.24, 2.45) is 5.16 Å². The molecule has 0 saturated carbocycles. The van der Waals surface area contributed by atoms with Crippen molar-refractivity contribution in [2.75, 3.05) is 0 Å². The molecule has 0 bridgehead atoms. The molecule has 1 aromatic heterocycles. The van der Waals surface area contributed by atoms with E-state index in [-0.39, 0.29) is 5.69 Å². The van der Waals surface area contributed by atoms with Crippen LogP contribution in [0.2, 0.25) is 0 Å². The van der Waals surface area contributed by atoms with Gasteiger partial charge in [-0.25, -0.2) is 0 Å². The van der Waals surface area contributed by atoms with E-state index in [1.807, 2.05) is 0 Å². The minimum absolute atomic E-state index is 0.00144. The van der Waals surface area contributed by atoms with E-state index in [0.717, 1.165) is 0 Å². The fourth-order valence-corrected chi connectivity index (χ4v) is 1.37. The summed E-state index contributed by atoms with van der Waals surface area (Å²) in [5.41, 5.74) is 0.834. The summed E-state index contributed by atoms with van der Waals surface area (Å²) in [6.07, 6.45) is 0. The molecule has 1 N–H and O–H groups in total. The molecule has 6 nitrogen and oxygen atoms in total. The second-order valence-electron chi connectivity index (χ2n) is 3.28. The van der Waals surface area contributed by atoms with Gasteiger partial charge in [0.1, 0.15) is 11.3 Å². The highest BCUT2D eigenvalue weighted by molar-refractivity contribution is 5.99. The van der Waals surface area contributed by atoms with Gasteiger partial charge in [0.15, 0.2) is 5.76 Å². The first-order valence-corrected chi connectivity index (χ1v) is 4.49. The van der Waals surface area contributed by atoms with Crippen LogP contribution in [0, 0.1) is 10.1 Å². The Morgan fingerprint density at radius 2 is 2.25 bits per heavy atom. The highest BCUT2D eigenvalue weighted by Gasteiger charge is 2.11. The van der Waals surface area contributed by atoms with Gasteiger partial charge in [0, 0.05) is 17.5 Å². The lowest BCUT2D eigenvalue weighted by atomic mass is 10.2. The van der Waals surface area contributed by atoms with Crippen LogP contribution in [0.5, 0.6) is 0 Å². The summed E-state index contributed by atoms with van der Waals surface area (Å²) in [6.45, 7) is 1.58. The van der Waals surface area contributed by atoms with Crippen LogP contribution in [0.4, 0.5) is 5.69 Å². The van der Waals surface area contributed by atoms with Crippen LogP contribution in [0.25, 0.3) is 11.0 Å². The molecule has 6 heteroatoms. The van der Waals surface area contributed by atoms with Crippen LogP contribution in [0.15, 0.2) is 33.8 Å². The van der Waals surface area contributed by atoms with Gasteiger partial charge in [-0.1, -0.05) is 5.16 Å². The Morgan fingerprint density at radius 3 is 2.88 bits per heavy atom. The molecule has 1 aromatic carbocycles. The van der Waals surface area contributed by atoms with Gasteiger partial charge >= 0.3 is 0 Å². The molecule has 16 heavy (non-hydrogen) atoms. The second kappa shape index (κ2) is 3.65. The molecular formula is C10H8N2O4. The van der Waals surface area contributed by atoms with Crippen LogP contribution in [0.3, 0.4) is 0 Å². The Kier molecular flexibility index (Phi) is 2.32. The van der Waals surface area contributed by atoms with Crippen molar-refractivity contribution >= 4 is 22.4 Å². The van der Waals surface area contributed by atoms with Gasteiger partial charge < -0.3 is 9.62 Å². The summed E-state index contributed by atoms with van der Waals surface area (Å²) in [6, 6.07) is 5.88. The maximum absolute atomic E-state index is 10.6. The molecule has 2 aromatic rings. The molecule has 0 radical (unpaired) electrons. The largest absolute Gasteiger partial charge is 0.455 e. The van der Waals surface area contributed by atoms with Gasteiger partial charge in [-0.05, 0) is 19.1 Å². The third kappa shape index (κ3) is 1.60. The van der Waals surface area contributed by atoms with E-state index in [1.165, 1.54) is 18.2 Å². The van der Waals surface area contributed by atoms with Crippen LogP contribution in [-0.2, 0) is 0 Å². The van der Waals surface area contributed by atoms with Gasteiger partial charge in [0.2, 0.25) is 0 Å². The number of rotatable bonds is 2. The lowest BCUT2D eigenvalue weighted by Crippen LogP contribution is -1.89. The molecule has 0 saturated heterocycles. The number of hydrogen-bond donors (Lipinski definition) is 1. The number of oxime groups is 1. The topological polar surface area (TPSA) is 88.9 Å². The Balaban J connectivity index is 2.58. The molecule has 0 atom stereocenters. The molecule has 82 valence electrons. The van der Waals surface area contributed by atoms with Crippen LogP contribution in [0.1, 0.15) is 12.7 Å². The summed E-state index contributed by atoms with van der Waals surface area (Å²) >= 11 is 0. The SMILES string of the molecule is C/C(=N/O)c1cc2cc([N+](=O)[O-])ccc2o1. The molecule has 0 amide bonds. The summed E-state index contributed by atoms with van der Waals surface area (Å²) in [4.78, 5) is 10.1. The highest BCUT2D eigenvalue weighted by atomic mass is 16.6. The molecule has 0 aliphatic rings. The normalized spacial score (nSPS) is 11.9. The summed E-state index contributed by atoms with van der Waals surface area (Å²) in [5, 5.41) is 22.7. The van der Waals surface area contributed by atoms with E-state index in [1.54, 1.807) is 13.0 Å². The van der Waals surface area contributed by atoms with Gasteiger partial charge in [-0.3, -0.25) is 10.1 Å². The van der Waals surface area contributed by atoms with Crippen LogP contribution < -0.4 is 0 Å². The molecule has 1 heterocycles. The van der Waals surface area contributed by atoms with Crippen molar-refractivity contribution in [3.05, 3.63) is 40.1 Å². The van der Waals surface area contributed by atoms with Crippen LogP contribution >= 0.6 is 0 Å². The van der Waals surface area contributed by atoms with E-state index in [2.05, 4.69) is 5.16 Å². The third-order valence-electron chi connectivity index (χ3n) is 2.22. The second-order valence-corrected chi connectivity index (χ2v) is 3.28. The molecule has 0 aliphatic carbocycles. The van der Waals surface area contributed by atoms with Gasteiger partial charge in [-0.2, -0.15) is 0 Å². The Labute approximate surface area is 89.9 Å². The van der Waals surface area contributed by atoms with Gasteiger partial charge in [-0.15, -0.1) is 0 Å². The van der Waals surface area contributed by atoms with E-state index in [4.69, 9.17) is 9.62 Å². The van der Waals surface area contributed by atoms with E-state index in [0.29, 0.717) is 22.4 Å². The maximum Gasteiger partial charge on any atom is 0.270 e. The fraction of sp³-hybridized carbons (Fsp3) is 0.100. The number of nitro benzene ring substituents is 1. The average Bonchev–Trinajstić information content (AvgIpc) is 2.70. The summed E-state index contributed by atoms with van der Waals surface area (Å²) < 4.78 is 5.34. The first-order chi connectivity index (χ1) is 7.61. The van der Waals surface area contributed by atoms with Crippen molar-refractivity contribution in [3.8, 4) is 0 Å². The fourth-order valence-electron chi connectivity index (χ4n) is 1.37. The number of fused-ring (bicyclic) bond motifs is 1. The van der Waals surface area contributed by atoms with Crippen LogP contribution in [-0.4, -0.2) is 15.8 Å². The number of hydrogen-bond acceptors (Lipinski definition) is 5. The van der Waals surface area contributed by atoms with E-state index in [9.17, 15) is 10.1 Å². The van der Waals surface area contributed by atoms with Crippen molar-refractivity contribution in [1.29, 1.82) is 0 Å². The molecule has 2 rings (SSSR count). The minimum atomic E-state index is -0.473. The maximum atomic E-state index is 10.6. The standard InChI is InChI=1S/C10H8N2O4/c1-6(11-13)10-5-7-4-8(12(14)15)2-3-9(7)16-10/h2-5,13H,1H3/b11-6-. The molecular weight excluding hydrogens is 212 g/mol. The number of nitrogens with zero attached hydrogens (tertiary/aromatic N) is 2.